The fraction of sp³-hybridized carbons (Fsp3) is 0.421. The topological polar surface area (TPSA) is 83.3 Å². The average molecular weight is 356 g/mol. The molecular formula is C19H28N6O. The number of rotatable bonds is 7. The molecule has 1 unspecified atom stereocenters. The second-order valence-electron chi connectivity index (χ2n) is 6.36. The van der Waals surface area contributed by atoms with Gasteiger partial charge in [-0.15, -0.1) is 0 Å². The van der Waals surface area contributed by atoms with Gasteiger partial charge >= 0.3 is 0 Å². The lowest BCUT2D eigenvalue weighted by atomic mass is 10.1. The van der Waals surface area contributed by atoms with Crippen molar-refractivity contribution >= 4 is 11.9 Å². The number of guanidine groups is 1. The number of benzene rings is 1. The zero-order valence-corrected chi connectivity index (χ0v) is 15.9. The third kappa shape index (κ3) is 5.61. The van der Waals surface area contributed by atoms with E-state index in [9.17, 15) is 4.79 Å². The standard InChI is InChI=1S/C19H28N6O/c1-14(2)18(26)21-10-11-22-19(20-4)24-15(3)16-7-5-8-17(13-16)25-12-6-9-23-25/h5-9,12-15H,10-11H2,1-4H3,(H,21,26)(H2,20,22,24). The van der Waals surface area contributed by atoms with Gasteiger partial charge in [-0.1, -0.05) is 26.0 Å². The van der Waals surface area contributed by atoms with E-state index in [2.05, 4.69) is 45.1 Å². The molecule has 7 nitrogen and oxygen atoms in total. The van der Waals surface area contributed by atoms with Gasteiger partial charge in [0.1, 0.15) is 0 Å². The van der Waals surface area contributed by atoms with E-state index in [0.717, 1.165) is 11.3 Å². The zero-order valence-electron chi connectivity index (χ0n) is 15.9. The number of carbonyl (C=O) groups is 1. The van der Waals surface area contributed by atoms with Crippen LogP contribution in [0.1, 0.15) is 32.4 Å². The molecule has 0 aliphatic rings. The molecule has 0 saturated carbocycles. The van der Waals surface area contributed by atoms with Crippen LogP contribution in [-0.4, -0.2) is 41.8 Å². The Kier molecular flexibility index (Phi) is 7.20. The Morgan fingerprint density at radius 3 is 2.62 bits per heavy atom. The Morgan fingerprint density at radius 1 is 1.19 bits per heavy atom. The fourth-order valence-electron chi connectivity index (χ4n) is 2.41. The second-order valence-corrected chi connectivity index (χ2v) is 6.36. The van der Waals surface area contributed by atoms with Crippen molar-refractivity contribution in [1.82, 2.24) is 25.7 Å². The van der Waals surface area contributed by atoms with Crippen LogP contribution in [0.25, 0.3) is 5.69 Å². The van der Waals surface area contributed by atoms with Crippen molar-refractivity contribution < 1.29 is 4.79 Å². The van der Waals surface area contributed by atoms with Gasteiger partial charge < -0.3 is 16.0 Å². The highest BCUT2D eigenvalue weighted by Crippen LogP contribution is 2.16. The molecule has 2 aromatic rings. The molecule has 1 aromatic carbocycles. The molecule has 0 bridgehead atoms. The van der Waals surface area contributed by atoms with Crippen LogP contribution in [0.5, 0.6) is 0 Å². The van der Waals surface area contributed by atoms with E-state index in [1.807, 2.05) is 42.9 Å². The van der Waals surface area contributed by atoms with Crippen molar-refractivity contribution in [2.24, 2.45) is 10.9 Å². The average Bonchev–Trinajstić information content (AvgIpc) is 3.18. The second kappa shape index (κ2) is 9.60. The first-order valence-electron chi connectivity index (χ1n) is 8.86. The minimum absolute atomic E-state index is 0.00507. The Labute approximate surface area is 154 Å². The minimum atomic E-state index is -0.00507. The summed E-state index contributed by atoms with van der Waals surface area (Å²) in [5, 5.41) is 13.7. The van der Waals surface area contributed by atoms with Gasteiger partial charge in [0.15, 0.2) is 5.96 Å². The van der Waals surface area contributed by atoms with E-state index in [1.165, 1.54) is 0 Å². The van der Waals surface area contributed by atoms with Crippen LogP contribution in [-0.2, 0) is 4.79 Å². The van der Waals surface area contributed by atoms with E-state index >= 15 is 0 Å². The van der Waals surface area contributed by atoms with E-state index in [0.29, 0.717) is 19.0 Å². The number of nitrogens with one attached hydrogen (secondary N) is 3. The molecule has 1 heterocycles. The molecule has 0 aliphatic heterocycles. The lowest BCUT2D eigenvalue weighted by molar-refractivity contribution is -0.123. The zero-order chi connectivity index (χ0) is 18.9. The third-order valence-corrected chi connectivity index (χ3v) is 3.96. The molecule has 0 fully saturated rings. The molecule has 140 valence electrons. The van der Waals surface area contributed by atoms with Crippen molar-refractivity contribution in [2.45, 2.75) is 26.8 Å². The molecule has 0 radical (unpaired) electrons. The van der Waals surface area contributed by atoms with Crippen molar-refractivity contribution in [3.63, 3.8) is 0 Å². The predicted molar refractivity (Wildman–Crippen MR) is 104 cm³/mol. The smallest absolute Gasteiger partial charge is 0.222 e. The van der Waals surface area contributed by atoms with Crippen molar-refractivity contribution in [1.29, 1.82) is 0 Å². The monoisotopic (exact) mass is 356 g/mol. The van der Waals surface area contributed by atoms with Gasteiger partial charge in [0.05, 0.1) is 11.7 Å². The minimum Gasteiger partial charge on any atom is -0.355 e. The van der Waals surface area contributed by atoms with Gasteiger partial charge in [0.25, 0.3) is 0 Å². The number of aromatic nitrogens is 2. The van der Waals surface area contributed by atoms with Gasteiger partial charge in [-0.2, -0.15) is 5.10 Å². The number of aliphatic imine (C=N–C) groups is 1. The molecule has 0 aliphatic carbocycles. The third-order valence-electron chi connectivity index (χ3n) is 3.96. The predicted octanol–water partition coefficient (Wildman–Crippen LogP) is 1.87. The molecule has 2 rings (SSSR count). The maximum atomic E-state index is 11.6. The SMILES string of the molecule is CN=C(NCCNC(=O)C(C)C)NC(C)c1cccc(-n2cccn2)c1. The first-order chi connectivity index (χ1) is 12.5. The Morgan fingerprint density at radius 2 is 1.96 bits per heavy atom. The van der Waals surface area contributed by atoms with Gasteiger partial charge in [-0.3, -0.25) is 9.79 Å². The van der Waals surface area contributed by atoms with Crippen LogP contribution < -0.4 is 16.0 Å². The summed E-state index contributed by atoms with van der Waals surface area (Å²) in [5.74, 6) is 0.744. The Hall–Kier alpha value is -2.83. The molecule has 0 saturated heterocycles. The Balaban J connectivity index is 1.88. The molecule has 1 aromatic heterocycles. The summed E-state index contributed by atoms with van der Waals surface area (Å²) >= 11 is 0. The van der Waals surface area contributed by atoms with Gasteiger partial charge in [-0.25, -0.2) is 4.68 Å². The quantitative estimate of drug-likeness (QED) is 0.402. The van der Waals surface area contributed by atoms with E-state index in [1.54, 1.807) is 13.2 Å². The number of amides is 1. The lowest BCUT2D eigenvalue weighted by Gasteiger charge is -2.19. The van der Waals surface area contributed by atoms with Crippen LogP contribution in [0.2, 0.25) is 0 Å². The summed E-state index contributed by atoms with van der Waals surface area (Å²) < 4.78 is 1.83. The maximum absolute atomic E-state index is 11.6. The summed E-state index contributed by atoms with van der Waals surface area (Å²) in [5.41, 5.74) is 2.15. The summed E-state index contributed by atoms with van der Waals surface area (Å²) in [6.07, 6.45) is 3.68. The highest BCUT2D eigenvalue weighted by molar-refractivity contribution is 5.80. The molecule has 26 heavy (non-hydrogen) atoms. The van der Waals surface area contributed by atoms with Gasteiger partial charge in [0, 0.05) is 38.4 Å². The van der Waals surface area contributed by atoms with Crippen molar-refractivity contribution in [3.05, 3.63) is 48.3 Å². The van der Waals surface area contributed by atoms with Crippen LogP contribution in [0, 0.1) is 5.92 Å². The van der Waals surface area contributed by atoms with E-state index in [4.69, 9.17) is 0 Å². The van der Waals surface area contributed by atoms with Gasteiger partial charge in [0.2, 0.25) is 5.91 Å². The molecule has 7 heteroatoms. The largest absolute Gasteiger partial charge is 0.355 e. The molecule has 1 amide bonds. The summed E-state index contributed by atoms with van der Waals surface area (Å²) in [4.78, 5) is 15.8. The van der Waals surface area contributed by atoms with Crippen molar-refractivity contribution in [3.8, 4) is 5.69 Å². The van der Waals surface area contributed by atoms with Crippen LogP contribution in [0.4, 0.5) is 0 Å². The summed E-state index contributed by atoms with van der Waals surface area (Å²) in [6.45, 7) is 7.00. The van der Waals surface area contributed by atoms with Crippen LogP contribution in [0.15, 0.2) is 47.7 Å². The summed E-state index contributed by atoms with van der Waals surface area (Å²) in [7, 11) is 1.73. The normalized spacial score (nSPS) is 12.7. The molecule has 3 N–H and O–H groups in total. The first-order valence-corrected chi connectivity index (χ1v) is 8.86. The number of nitrogens with zero attached hydrogens (tertiary/aromatic N) is 3. The number of hydrogen-bond acceptors (Lipinski definition) is 3. The molecule has 1 atom stereocenters. The maximum Gasteiger partial charge on any atom is 0.222 e. The summed E-state index contributed by atoms with van der Waals surface area (Å²) in [6, 6.07) is 10.2. The van der Waals surface area contributed by atoms with Gasteiger partial charge in [-0.05, 0) is 30.7 Å². The van der Waals surface area contributed by atoms with Crippen LogP contribution >= 0.6 is 0 Å². The fourth-order valence-corrected chi connectivity index (χ4v) is 2.41. The number of carbonyl (C=O) groups excluding carboxylic acids is 1. The molecular weight excluding hydrogens is 328 g/mol. The highest BCUT2D eigenvalue weighted by Gasteiger charge is 2.09. The lowest BCUT2D eigenvalue weighted by Crippen LogP contribution is -2.42. The van der Waals surface area contributed by atoms with Crippen LogP contribution in [0.3, 0.4) is 0 Å². The Bertz CT molecular complexity index is 723. The van der Waals surface area contributed by atoms with E-state index < -0.39 is 0 Å². The van der Waals surface area contributed by atoms with E-state index in [-0.39, 0.29) is 17.9 Å². The molecule has 0 spiro atoms. The highest BCUT2D eigenvalue weighted by atomic mass is 16.1. The van der Waals surface area contributed by atoms with Crippen molar-refractivity contribution in [2.75, 3.05) is 20.1 Å². The number of hydrogen-bond donors (Lipinski definition) is 3. The first kappa shape index (κ1) is 19.5.